The molecule has 0 aliphatic carbocycles. The third-order valence-corrected chi connectivity index (χ3v) is 7.39. The molecular weight excluding hydrogens is 430 g/mol. The van der Waals surface area contributed by atoms with E-state index in [-0.39, 0.29) is 10.7 Å². The number of carbonyl (C=O) groups excluding carboxylic acids is 1. The third kappa shape index (κ3) is 4.20. The minimum Gasteiger partial charge on any atom is -0.293 e. The van der Waals surface area contributed by atoms with Crippen LogP contribution in [-0.4, -0.2) is 29.5 Å². The summed E-state index contributed by atoms with van der Waals surface area (Å²) >= 11 is 1.63. The van der Waals surface area contributed by atoms with E-state index in [1.54, 1.807) is 30.0 Å². The molecule has 0 saturated heterocycles. The van der Waals surface area contributed by atoms with Crippen molar-refractivity contribution in [1.82, 2.24) is 9.55 Å². The number of nitrogens with zero attached hydrogens (tertiary/aromatic N) is 2. The topological polar surface area (TPSA) is 95.1 Å². The first-order chi connectivity index (χ1) is 14.8. The zero-order chi connectivity index (χ0) is 22.2. The molecule has 8 heteroatoms. The lowest BCUT2D eigenvalue weighted by molar-refractivity contribution is 0.0977. The SMILES string of the molecule is CCCCc1nc2c(n1-c1ccc(-c3ccccc3S(N)(=O)=O)c(C)c1)C(=O)CCS2. The summed E-state index contributed by atoms with van der Waals surface area (Å²) in [6.07, 6.45) is 3.34. The largest absolute Gasteiger partial charge is 0.293 e. The molecule has 2 aromatic carbocycles. The van der Waals surface area contributed by atoms with Crippen molar-refractivity contribution in [2.75, 3.05) is 5.75 Å². The Balaban J connectivity index is 1.85. The number of aromatic nitrogens is 2. The number of Topliss-reactive ketones (excluding diaryl/α,β-unsaturated/α-hetero) is 1. The van der Waals surface area contributed by atoms with E-state index in [2.05, 4.69) is 6.92 Å². The van der Waals surface area contributed by atoms with Gasteiger partial charge in [0.25, 0.3) is 0 Å². The van der Waals surface area contributed by atoms with Crippen LogP contribution in [0.25, 0.3) is 16.8 Å². The Bertz CT molecular complexity index is 1260. The predicted molar refractivity (Wildman–Crippen MR) is 123 cm³/mol. The highest BCUT2D eigenvalue weighted by Crippen LogP contribution is 2.35. The summed E-state index contributed by atoms with van der Waals surface area (Å²) in [5.41, 5.74) is 3.79. The number of carbonyl (C=O) groups is 1. The summed E-state index contributed by atoms with van der Waals surface area (Å²) in [4.78, 5) is 17.6. The van der Waals surface area contributed by atoms with E-state index < -0.39 is 10.0 Å². The number of ketones is 1. The second-order valence-electron chi connectivity index (χ2n) is 7.68. The fourth-order valence-electron chi connectivity index (χ4n) is 3.96. The molecule has 31 heavy (non-hydrogen) atoms. The van der Waals surface area contributed by atoms with Crippen molar-refractivity contribution in [2.45, 2.75) is 49.5 Å². The maximum atomic E-state index is 12.7. The second kappa shape index (κ2) is 8.61. The van der Waals surface area contributed by atoms with Crippen LogP contribution in [0.2, 0.25) is 0 Å². The average Bonchev–Trinajstić information content (AvgIpc) is 3.11. The van der Waals surface area contributed by atoms with Crippen molar-refractivity contribution in [1.29, 1.82) is 0 Å². The number of nitrogens with two attached hydrogens (primary N) is 1. The molecule has 3 aromatic rings. The summed E-state index contributed by atoms with van der Waals surface area (Å²) in [5.74, 6) is 1.77. The first-order valence-corrected chi connectivity index (χ1v) is 12.8. The normalized spacial score (nSPS) is 14.0. The van der Waals surface area contributed by atoms with Crippen molar-refractivity contribution >= 4 is 27.6 Å². The van der Waals surface area contributed by atoms with E-state index in [9.17, 15) is 13.2 Å². The smallest absolute Gasteiger partial charge is 0.238 e. The lowest BCUT2D eigenvalue weighted by atomic mass is 9.99. The van der Waals surface area contributed by atoms with Crippen LogP contribution in [0.5, 0.6) is 0 Å². The lowest BCUT2D eigenvalue weighted by Crippen LogP contribution is -2.15. The molecule has 162 valence electrons. The number of unbranched alkanes of at least 4 members (excludes halogenated alkanes) is 1. The number of hydrogen-bond donors (Lipinski definition) is 1. The van der Waals surface area contributed by atoms with Gasteiger partial charge in [-0.1, -0.05) is 37.6 Å². The number of benzene rings is 2. The van der Waals surface area contributed by atoms with Crippen molar-refractivity contribution in [2.24, 2.45) is 5.14 Å². The van der Waals surface area contributed by atoms with Gasteiger partial charge in [-0.3, -0.25) is 9.36 Å². The van der Waals surface area contributed by atoms with E-state index in [1.807, 2.05) is 29.7 Å². The number of rotatable bonds is 6. The van der Waals surface area contributed by atoms with Crippen molar-refractivity contribution < 1.29 is 13.2 Å². The maximum absolute atomic E-state index is 12.7. The Labute approximate surface area is 186 Å². The molecule has 0 unspecified atom stereocenters. The minimum absolute atomic E-state index is 0.0982. The molecule has 6 nitrogen and oxygen atoms in total. The molecule has 4 rings (SSSR count). The van der Waals surface area contributed by atoms with Gasteiger partial charge < -0.3 is 0 Å². The molecule has 0 fully saturated rings. The summed E-state index contributed by atoms with van der Waals surface area (Å²) in [6.45, 7) is 4.07. The quantitative estimate of drug-likeness (QED) is 0.590. The Hall–Kier alpha value is -2.42. The molecule has 0 spiro atoms. The van der Waals surface area contributed by atoms with Crippen LogP contribution in [0.15, 0.2) is 52.4 Å². The Kier molecular flexibility index (Phi) is 6.05. The monoisotopic (exact) mass is 455 g/mol. The van der Waals surface area contributed by atoms with Crippen LogP contribution in [0.3, 0.4) is 0 Å². The van der Waals surface area contributed by atoms with Crippen LogP contribution in [0, 0.1) is 6.92 Å². The average molecular weight is 456 g/mol. The number of imidazole rings is 1. The summed E-state index contributed by atoms with van der Waals surface area (Å²) in [6, 6.07) is 12.5. The number of sulfonamides is 1. The van der Waals surface area contributed by atoms with Gasteiger partial charge in [-0.2, -0.15) is 0 Å². The van der Waals surface area contributed by atoms with Gasteiger partial charge in [0, 0.05) is 29.8 Å². The summed E-state index contributed by atoms with van der Waals surface area (Å²) in [5, 5.41) is 6.24. The van der Waals surface area contributed by atoms with E-state index >= 15 is 0 Å². The first-order valence-electron chi connectivity index (χ1n) is 10.3. The van der Waals surface area contributed by atoms with Crippen LogP contribution in [-0.2, 0) is 16.4 Å². The highest BCUT2D eigenvalue weighted by atomic mass is 32.2. The van der Waals surface area contributed by atoms with E-state index in [0.717, 1.165) is 52.7 Å². The highest BCUT2D eigenvalue weighted by molar-refractivity contribution is 7.99. The molecule has 1 aliphatic rings. The number of fused-ring (bicyclic) bond motifs is 1. The van der Waals surface area contributed by atoms with Gasteiger partial charge in [0.05, 0.1) is 4.90 Å². The van der Waals surface area contributed by atoms with Gasteiger partial charge in [0.15, 0.2) is 5.78 Å². The maximum Gasteiger partial charge on any atom is 0.238 e. The Morgan fingerprint density at radius 1 is 1.16 bits per heavy atom. The molecule has 0 bridgehead atoms. The van der Waals surface area contributed by atoms with Crippen LogP contribution >= 0.6 is 11.8 Å². The van der Waals surface area contributed by atoms with Gasteiger partial charge in [-0.15, -0.1) is 11.8 Å². The Morgan fingerprint density at radius 3 is 2.65 bits per heavy atom. The van der Waals surface area contributed by atoms with Crippen molar-refractivity contribution in [3.8, 4) is 16.8 Å². The van der Waals surface area contributed by atoms with Gasteiger partial charge in [-0.05, 0) is 42.7 Å². The number of primary sulfonamides is 1. The summed E-state index contributed by atoms with van der Waals surface area (Å²) in [7, 11) is -3.85. The third-order valence-electron chi connectivity index (χ3n) is 5.45. The minimum atomic E-state index is -3.85. The predicted octanol–water partition coefficient (Wildman–Crippen LogP) is 4.52. The Morgan fingerprint density at radius 2 is 1.94 bits per heavy atom. The molecule has 2 N–H and O–H groups in total. The van der Waals surface area contributed by atoms with Crippen LogP contribution in [0.1, 0.15) is 48.1 Å². The van der Waals surface area contributed by atoms with Gasteiger partial charge in [-0.25, -0.2) is 18.5 Å². The zero-order valence-electron chi connectivity index (χ0n) is 17.6. The van der Waals surface area contributed by atoms with Crippen LogP contribution in [0.4, 0.5) is 0 Å². The van der Waals surface area contributed by atoms with Crippen LogP contribution < -0.4 is 5.14 Å². The standard InChI is InChI=1S/C23H25N3O3S2/c1-3-4-9-21-25-23-22(19(27)12-13-30-23)26(21)16-10-11-17(15(2)14-16)18-7-5-6-8-20(18)31(24,28)29/h5-8,10-11,14H,3-4,9,12-13H2,1-2H3,(H2,24,28,29). The molecule has 1 aliphatic heterocycles. The molecular formula is C23H25N3O3S2. The van der Waals surface area contributed by atoms with Gasteiger partial charge in [0.2, 0.25) is 10.0 Å². The van der Waals surface area contributed by atoms with E-state index in [0.29, 0.717) is 17.7 Å². The van der Waals surface area contributed by atoms with Gasteiger partial charge in [0.1, 0.15) is 16.5 Å². The van der Waals surface area contributed by atoms with Gasteiger partial charge >= 0.3 is 0 Å². The zero-order valence-corrected chi connectivity index (χ0v) is 19.2. The second-order valence-corrected chi connectivity index (χ2v) is 10.3. The van der Waals surface area contributed by atoms with E-state index in [4.69, 9.17) is 10.1 Å². The summed E-state index contributed by atoms with van der Waals surface area (Å²) < 4.78 is 26.1. The lowest BCUT2D eigenvalue weighted by Gasteiger charge is -2.17. The number of hydrogen-bond acceptors (Lipinski definition) is 5. The fraction of sp³-hybridized carbons (Fsp3) is 0.304. The van der Waals surface area contributed by atoms with E-state index in [1.165, 1.54) is 6.07 Å². The number of thioether (sulfide) groups is 1. The first kappa shape index (κ1) is 21.8. The molecule has 0 atom stereocenters. The molecule has 0 saturated carbocycles. The molecule has 1 aromatic heterocycles. The molecule has 2 heterocycles. The number of aryl methyl sites for hydroxylation is 2. The van der Waals surface area contributed by atoms with Crippen molar-refractivity contribution in [3.63, 3.8) is 0 Å². The molecule has 0 amide bonds. The van der Waals surface area contributed by atoms with Crippen molar-refractivity contribution in [3.05, 3.63) is 59.5 Å². The fourth-order valence-corrected chi connectivity index (χ4v) is 5.70. The highest BCUT2D eigenvalue weighted by Gasteiger charge is 2.27. The molecule has 0 radical (unpaired) electrons.